The van der Waals surface area contributed by atoms with E-state index in [0.29, 0.717) is 0 Å². The number of hydrogen-bond donors (Lipinski definition) is 2. The topological polar surface area (TPSA) is 105 Å². The number of anilines is 2. The maximum Gasteiger partial charge on any atom is 0.265 e. The van der Waals surface area contributed by atoms with Crippen LogP contribution in [-0.2, 0) is 19.1 Å². The van der Waals surface area contributed by atoms with Crippen LogP contribution in [-0.4, -0.2) is 68.4 Å². The van der Waals surface area contributed by atoms with E-state index in [1.807, 2.05) is 0 Å². The largest absolute Gasteiger partial charge is 0.370 e. The number of nitrogens with zero attached hydrogens (tertiary/aromatic N) is 2. The van der Waals surface area contributed by atoms with E-state index in [2.05, 4.69) is 5.32 Å². The van der Waals surface area contributed by atoms with Crippen LogP contribution in [0.25, 0.3) is 0 Å². The van der Waals surface area contributed by atoms with Crippen molar-refractivity contribution in [2.75, 3.05) is 43.6 Å². The number of alkyl halides is 4. The lowest BCUT2D eigenvalue weighted by molar-refractivity contribution is -0.132. The van der Waals surface area contributed by atoms with Gasteiger partial charge in [-0.05, 0) is 25.2 Å². The van der Waals surface area contributed by atoms with Crippen LogP contribution >= 0.6 is 0 Å². The molecule has 0 aromatic heterocycles. The molecule has 0 saturated carbocycles. The summed E-state index contributed by atoms with van der Waals surface area (Å²) in [5.74, 6) is -2.70. The van der Waals surface area contributed by atoms with Crippen molar-refractivity contribution in [2.24, 2.45) is 5.73 Å². The molecule has 0 spiro atoms. The van der Waals surface area contributed by atoms with Crippen LogP contribution in [0.5, 0.6) is 0 Å². The minimum atomic E-state index is -2.97. The van der Waals surface area contributed by atoms with Crippen LogP contribution < -0.4 is 16.0 Å². The summed E-state index contributed by atoms with van der Waals surface area (Å²) in [5.41, 5.74) is 4.46. The van der Waals surface area contributed by atoms with Gasteiger partial charge in [-0.1, -0.05) is 0 Å². The highest BCUT2D eigenvalue weighted by Crippen LogP contribution is 2.33. The minimum absolute atomic E-state index is 0.0347. The summed E-state index contributed by atoms with van der Waals surface area (Å²) in [7, 11) is 1.11. The molecule has 8 nitrogen and oxygen atoms in total. The first-order valence-electron chi connectivity index (χ1n) is 8.50. The molecule has 1 atom stereocenters. The number of amides is 3. The number of halogens is 4. The van der Waals surface area contributed by atoms with Gasteiger partial charge < -0.3 is 20.7 Å². The van der Waals surface area contributed by atoms with Crippen molar-refractivity contribution in [3.63, 3.8) is 0 Å². The number of rotatable bonds is 8. The first-order valence-corrected chi connectivity index (χ1v) is 8.50. The maximum atomic E-state index is 13.5. The molecule has 1 saturated heterocycles. The first kappa shape index (κ1) is 22.6. The molecule has 1 aromatic carbocycles. The van der Waals surface area contributed by atoms with Crippen molar-refractivity contribution in [1.82, 2.24) is 4.90 Å². The Bertz CT molecular complexity index is 778. The van der Waals surface area contributed by atoms with Gasteiger partial charge in [-0.2, -0.15) is 0 Å². The van der Waals surface area contributed by atoms with Gasteiger partial charge in [0.15, 0.2) is 6.04 Å². The SMILES string of the molecule is CN(CC(F)F)[C@@H](C(N)=O)C(=O)Nc1ccc(N2CCOCC2=O)c(C(F)F)c1. The summed E-state index contributed by atoms with van der Waals surface area (Å²) < 4.78 is 57.1. The molecule has 29 heavy (non-hydrogen) atoms. The molecule has 12 heteroatoms. The number of carbonyl (C=O) groups excluding carboxylic acids is 3. The summed E-state index contributed by atoms with van der Waals surface area (Å²) in [5, 5.41) is 2.23. The van der Waals surface area contributed by atoms with Gasteiger partial charge in [-0.15, -0.1) is 0 Å². The van der Waals surface area contributed by atoms with Crippen LogP contribution in [0.1, 0.15) is 12.0 Å². The zero-order valence-electron chi connectivity index (χ0n) is 15.4. The predicted octanol–water partition coefficient (Wildman–Crippen LogP) is 0.977. The second-order valence-electron chi connectivity index (χ2n) is 6.30. The molecule has 1 heterocycles. The molecule has 0 bridgehead atoms. The summed E-state index contributed by atoms with van der Waals surface area (Å²) in [6.45, 7) is -0.852. The van der Waals surface area contributed by atoms with Crippen LogP contribution in [0.15, 0.2) is 18.2 Å². The number of ether oxygens (including phenoxy) is 1. The second-order valence-corrected chi connectivity index (χ2v) is 6.30. The monoisotopic (exact) mass is 420 g/mol. The molecular formula is C17H20F4N4O4. The predicted molar refractivity (Wildman–Crippen MR) is 94.8 cm³/mol. The molecular weight excluding hydrogens is 400 g/mol. The molecule has 1 aliphatic rings. The van der Waals surface area contributed by atoms with E-state index in [1.165, 1.54) is 12.1 Å². The van der Waals surface area contributed by atoms with Crippen LogP contribution in [0.4, 0.5) is 28.9 Å². The fraction of sp³-hybridized carbons (Fsp3) is 0.471. The number of nitrogens with one attached hydrogen (secondary N) is 1. The van der Waals surface area contributed by atoms with Crippen LogP contribution in [0, 0.1) is 0 Å². The molecule has 160 valence electrons. The third-order valence-electron chi connectivity index (χ3n) is 4.19. The summed E-state index contributed by atoms with van der Waals surface area (Å²) in [6.07, 6.45) is -5.78. The fourth-order valence-corrected chi connectivity index (χ4v) is 2.91. The van der Waals surface area contributed by atoms with Gasteiger partial charge in [-0.3, -0.25) is 19.3 Å². The van der Waals surface area contributed by atoms with E-state index in [-0.39, 0.29) is 31.1 Å². The molecule has 0 aliphatic carbocycles. The number of hydrogen-bond acceptors (Lipinski definition) is 5. The van der Waals surface area contributed by atoms with E-state index < -0.39 is 48.7 Å². The highest BCUT2D eigenvalue weighted by Gasteiger charge is 2.31. The number of primary amides is 1. The molecule has 0 unspecified atom stereocenters. The van der Waals surface area contributed by atoms with Gasteiger partial charge >= 0.3 is 0 Å². The van der Waals surface area contributed by atoms with Crippen molar-refractivity contribution in [1.29, 1.82) is 0 Å². The highest BCUT2D eigenvalue weighted by molar-refractivity contribution is 6.09. The van der Waals surface area contributed by atoms with E-state index in [0.717, 1.165) is 22.9 Å². The Labute approximate surface area is 163 Å². The Morgan fingerprint density at radius 3 is 2.55 bits per heavy atom. The molecule has 3 amide bonds. The Balaban J connectivity index is 2.26. The number of likely N-dealkylation sites (N-methyl/N-ethyl adjacent to an activating group) is 1. The summed E-state index contributed by atoms with van der Waals surface area (Å²) in [4.78, 5) is 37.7. The summed E-state index contributed by atoms with van der Waals surface area (Å²) >= 11 is 0. The third-order valence-corrected chi connectivity index (χ3v) is 4.19. The first-order chi connectivity index (χ1) is 13.6. The number of benzene rings is 1. The molecule has 1 fully saturated rings. The maximum absolute atomic E-state index is 13.5. The van der Waals surface area contributed by atoms with E-state index in [9.17, 15) is 31.9 Å². The highest BCUT2D eigenvalue weighted by atomic mass is 19.3. The average molecular weight is 420 g/mol. The lowest BCUT2D eigenvalue weighted by Crippen LogP contribution is -2.51. The van der Waals surface area contributed by atoms with Gasteiger partial charge in [0, 0.05) is 17.8 Å². The standard InChI is InChI=1S/C17H20F4N4O4/c1-24(7-12(18)19)14(16(22)27)17(28)23-9-2-3-11(10(6-9)15(20)21)25-4-5-29-8-13(25)26/h2-3,6,12,14-15H,4-5,7-8H2,1H3,(H2,22,27)(H,23,28)/t14-/m0/s1. The normalized spacial score (nSPS) is 15.9. The Hall–Kier alpha value is -2.73. The van der Waals surface area contributed by atoms with Crippen molar-refractivity contribution >= 4 is 29.1 Å². The van der Waals surface area contributed by atoms with Gasteiger partial charge in [0.25, 0.3) is 24.7 Å². The smallest absolute Gasteiger partial charge is 0.265 e. The van der Waals surface area contributed by atoms with Gasteiger partial charge in [0.1, 0.15) is 6.61 Å². The van der Waals surface area contributed by atoms with Gasteiger partial charge in [0.2, 0.25) is 5.91 Å². The number of nitrogens with two attached hydrogens (primary N) is 1. The number of carbonyl (C=O) groups is 3. The minimum Gasteiger partial charge on any atom is -0.370 e. The van der Waals surface area contributed by atoms with Gasteiger partial charge in [0.05, 0.1) is 18.8 Å². The second kappa shape index (κ2) is 9.65. The fourth-order valence-electron chi connectivity index (χ4n) is 2.91. The van der Waals surface area contributed by atoms with Gasteiger partial charge in [-0.25, -0.2) is 17.6 Å². The van der Waals surface area contributed by atoms with E-state index in [4.69, 9.17) is 10.5 Å². The zero-order valence-corrected chi connectivity index (χ0v) is 15.4. The Morgan fingerprint density at radius 2 is 2.00 bits per heavy atom. The van der Waals surface area contributed by atoms with Crippen LogP contribution in [0.2, 0.25) is 0 Å². The molecule has 2 rings (SSSR count). The van der Waals surface area contributed by atoms with Crippen LogP contribution in [0.3, 0.4) is 0 Å². The van der Waals surface area contributed by atoms with E-state index in [1.54, 1.807) is 0 Å². The molecule has 1 aromatic rings. The Kier molecular flexibility index (Phi) is 7.51. The Morgan fingerprint density at radius 1 is 1.31 bits per heavy atom. The average Bonchev–Trinajstić information content (AvgIpc) is 2.61. The van der Waals surface area contributed by atoms with Crippen molar-refractivity contribution in [3.8, 4) is 0 Å². The van der Waals surface area contributed by atoms with Crippen molar-refractivity contribution < 1.29 is 36.7 Å². The lowest BCUT2D eigenvalue weighted by Gasteiger charge is -2.29. The van der Waals surface area contributed by atoms with Crippen molar-refractivity contribution in [3.05, 3.63) is 23.8 Å². The van der Waals surface area contributed by atoms with Crippen molar-refractivity contribution in [2.45, 2.75) is 18.9 Å². The third kappa shape index (κ3) is 5.64. The number of morpholine rings is 1. The zero-order chi connectivity index (χ0) is 21.7. The molecule has 0 radical (unpaired) electrons. The summed E-state index contributed by atoms with van der Waals surface area (Å²) in [6, 6.07) is 1.71. The quantitative estimate of drug-likeness (QED) is 0.482. The molecule has 3 N–H and O–H groups in total. The molecule has 1 aliphatic heterocycles. The lowest BCUT2D eigenvalue weighted by atomic mass is 10.1. The van der Waals surface area contributed by atoms with E-state index >= 15 is 0 Å².